The van der Waals surface area contributed by atoms with Gasteiger partial charge in [0.1, 0.15) is 5.69 Å². The zero-order valence-corrected chi connectivity index (χ0v) is 15.9. The van der Waals surface area contributed by atoms with E-state index in [1.54, 1.807) is 24.3 Å². The van der Waals surface area contributed by atoms with Crippen LogP contribution in [0.5, 0.6) is 0 Å². The zero-order valence-electron chi connectivity index (χ0n) is 15.9. The summed E-state index contributed by atoms with van der Waals surface area (Å²) in [5, 5.41) is 4.05. The van der Waals surface area contributed by atoms with Crippen molar-refractivity contribution in [1.82, 2.24) is 4.57 Å². The first kappa shape index (κ1) is 18.7. The molecule has 2 aromatic carbocycles. The number of esters is 1. The highest BCUT2D eigenvalue weighted by molar-refractivity contribution is 6.08. The Kier molecular flexibility index (Phi) is 5.60. The summed E-state index contributed by atoms with van der Waals surface area (Å²) < 4.78 is 6.80. The SMILES string of the molecule is CCCCn1c(C(=O)Nc2ccc(C(=O)OC)cc2)c(C)c2ccccc21. The van der Waals surface area contributed by atoms with E-state index in [2.05, 4.69) is 28.9 Å². The zero-order chi connectivity index (χ0) is 19.4. The lowest BCUT2D eigenvalue weighted by atomic mass is 10.1. The van der Waals surface area contributed by atoms with Gasteiger partial charge in [0.25, 0.3) is 5.91 Å². The lowest BCUT2D eigenvalue weighted by Crippen LogP contribution is -2.18. The van der Waals surface area contributed by atoms with Gasteiger partial charge in [-0.15, -0.1) is 0 Å². The summed E-state index contributed by atoms with van der Waals surface area (Å²) in [6, 6.07) is 14.8. The number of nitrogens with one attached hydrogen (secondary N) is 1. The third kappa shape index (κ3) is 3.72. The average Bonchev–Trinajstić information content (AvgIpc) is 2.98. The van der Waals surface area contributed by atoms with Crippen molar-refractivity contribution >= 4 is 28.5 Å². The molecule has 0 unspecified atom stereocenters. The van der Waals surface area contributed by atoms with Crippen LogP contribution in [0.15, 0.2) is 48.5 Å². The van der Waals surface area contributed by atoms with Gasteiger partial charge in [0, 0.05) is 23.1 Å². The normalized spacial score (nSPS) is 10.8. The van der Waals surface area contributed by atoms with Crippen LogP contribution in [0, 0.1) is 6.92 Å². The van der Waals surface area contributed by atoms with E-state index in [0.717, 1.165) is 35.9 Å². The Morgan fingerprint density at radius 2 is 1.78 bits per heavy atom. The largest absolute Gasteiger partial charge is 0.465 e. The predicted molar refractivity (Wildman–Crippen MR) is 107 cm³/mol. The Bertz CT molecular complexity index is 971. The molecule has 0 aliphatic carbocycles. The number of rotatable bonds is 6. The fourth-order valence-electron chi connectivity index (χ4n) is 3.32. The molecule has 1 heterocycles. The number of anilines is 1. The van der Waals surface area contributed by atoms with Crippen molar-refractivity contribution in [2.24, 2.45) is 0 Å². The molecule has 0 fully saturated rings. The first-order valence-corrected chi connectivity index (χ1v) is 9.14. The Hall–Kier alpha value is -3.08. The third-order valence-electron chi connectivity index (χ3n) is 4.74. The number of fused-ring (bicyclic) bond motifs is 1. The molecule has 3 rings (SSSR count). The van der Waals surface area contributed by atoms with E-state index in [0.29, 0.717) is 16.9 Å². The number of carbonyl (C=O) groups is 2. The number of methoxy groups -OCH3 is 1. The van der Waals surface area contributed by atoms with E-state index in [1.165, 1.54) is 7.11 Å². The fourth-order valence-corrected chi connectivity index (χ4v) is 3.32. The summed E-state index contributed by atoms with van der Waals surface area (Å²) in [6.07, 6.45) is 2.06. The first-order chi connectivity index (χ1) is 13.1. The summed E-state index contributed by atoms with van der Waals surface area (Å²) in [4.78, 5) is 24.6. The lowest BCUT2D eigenvalue weighted by Gasteiger charge is -2.12. The molecule has 1 amide bonds. The van der Waals surface area contributed by atoms with Crippen molar-refractivity contribution in [1.29, 1.82) is 0 Å². The minimum absolute atomic E-state index is 0.148. The van der Waals surface area contributed by atoms with Gasteiger partial charge in [-0.1, -0.05) is 31.5 Å². The summed E-state index contributed by atoms with van der Waals surface area (Å²) in [7, 11) is 1.34. The number of unbranched alkanes of at least 4 members (excludes halogenated alkanes) is 1. The molecule has 3 aromatic rings. The lowest BCUT2D eigenvalue weighted by molar-refractivity contribution is 0.0600. The monoisotopic (exact) mass is 364 g/mol. The molecule has 0 atom stereocenters. The van der Waals surface area contributed by atoms with Crippen LogP contribution < -0.4 is 5.32 Å². The highest BCUT2D eigenvalue weighted by Gasteiger charge is 2.20. The maximum atomic E-state index is 13.0. The van der Waals surface area contributed by atoms with Crippen LogP contribution in [0.2, 0.25) is 0 Å². The van der Waals surface area contributed by atoms with Crippen LogP contribution in [0.25, 0.3) is 10.9 Å². The van der Waals surface area contributed by atoms with Crippen molar-refractivity contribution in [3.8, 4) is 0 Å². The summed E-state index contributed by atoms with van der Waals surface area (Å²) >= 11 is 0. The number of aromatic nitrogens is 1. The molecule has 0 spiro atoms. The number of hydrogen-bond acceptors (Lipinski definition) is 3. The number of aryl methyl sites for hydroxylation is 2. The van der Waals surface area contributed by atoms with Gasteiger partial charge in [-0.25, -0.2) is 4.79 Å². The molecule has 0 saturated carbocycles. The molecular weight excluding hydrogens is 340 g/mol. The minimum Gasteiger partial charge on any atom is -0.465 e. The molecule has 0 saturated heterocycles. The third-order valence-corrected chi connectivity index (χ3v) is 4.74. The van der Waals surface area contributed by atoms with E-state index in [1.807, 2.05) is 19.1 Å². The highest BCUT2D eigenvalue weighted by atomic mass is 16.5. The predicted octanol–water partition coefficient (Wildman–Crippen LogP) is 4.79. The number of ether oxygens (including phenoxy) is 1. The highest BCUT2D eigenvalue weighted by Crippen LogP contribution is 2.27. The fraction of sp³-hybridized carbons (Fsp3) is 0.273. The van der Waals surface area contributed by atoms with E-state index in [-0.39, 0.29) is 5.91 Å². The summed E-state index contributed by atoms with van der Waals surface area (Å²) in [5.41, 5.74) is 3.82. The minimum atomic E-state index is -0.400. The second-order valence-corrected chi connectivity index (χ2v) is 6.52. The molecule has 0 radical (unpaired) electrons. The number of carbonyl (C=O) groups excluding carboxylic acids is 2. The number of benzene rings is 2. The number of hydrogen-bond donors (Lipinski definition) is 1. The van der Waals surface area contributed by atoms with Gasteiger partial charge in [0.2, 0.25) is 0 Å². The molecular formula is C22H24N2O3. The smallest absolute Gasteiger partial charge is 0.337 e. The van der Waals surface area contributed by atoms with Crippen molar-refractivity contribution in [2.75, 3.05) is 12.4 Å². The van der Waals surface area contributed by atoms with Crippen LogP contribution in [-0.2, 0) is 11.3 Å². The molecule has 5 nitrogen and oxygen atoms in total. The molecule has 1 aromatic heterocycles. The molecule has 140 valence electrons. The van der Waals surface area contributed by atoms with Gasteiger partial charge in [-0.3, -0.25) is 4.79 Å². The maximum absolute atomic E-state index is 13.0. The van der Waals surface area contributed by atoms with Crippen LogP contribution in [0.1, 0.15) is 46.2 Å². The molecule has 5 heteroatoms. The Labute approximate surface area is 158 Å². The van der Waals surface area contributed by atoms with Gasteiger partial charge in [-0.2, -0.15) is 0 Å². The average molecular weight is 364 g/mol. The van der Waals surface area contributed by atoms with E-state index < -0.39 is 5.97 Å². The Morgan fingerprint density at radius 1 is 1.07 bits per heavy atom. The molecule has 1 N–H and O–H groups in total. The first-order valence-electron chi connectivity index (χ1n) is 9.14. The van der Waals surface area contributed by atoms with Crippen LogP contribution in [0.3, 0.4) is 0 Å². The maximum Gasteiger partial charge on any atom is 0.337 e. The van der Waals surface area contributed by atoms with Gasteiger partial charge in [0.15, 0.2) is 0 Å². The molecule has 27 heavy (non-hydrogen) atoms. The second-order valence-electron chi connectivity index (χ2n) is 6.52. The molecule has 0 aliphatic heterocycles. The van der Waals surface area contributed by atoms with E-state index >= 15 is 0 Å². The standard InChI is InChI=1S/C22H24N2O3/c1-4-5-14-24-19-9-7-6-8-18(19)15(2)20(24)21(25)23-17-12-10-16(11-13-17)22(26)27-3/h6-13H,4-5,14H2,1-3H3,(H,23,25). The van der Waals surface area contributed by atoms with Crippen molar-refractivity contribution in [2.45, 2.75) is 33.2 Å². The number of amides is 1. The van der Waals surface area contributed by atoms with Crippen LogP contribution >= 0.6 is 0 Å². The summed E-state index contributed by atoms with van der Waals surface area (Å²) in [6.45, 7) is 4.93. The Balaban J connectivity index is 1.93. The van der Waals surface area contributed by atoms with Gasteiger partial charge in [-0.05, 0) is 49.2 Å². The van der Waals surface area contributed by atoms with Crippen LogP contribution in [0.4, 0.5) is 5.69 Å². The van der Waals surface area contributed by atoms with Crippen molar-refractivity contribution < 1.29 is 14.3 Å². The second kappa shape index (κ2) is 8.08. The number of nitrogens with zero attached hydrogens (tertiary/aromatic N) is 1. The molecule has 0 aliphatic rings. The quantitative estimate of drug-likeness (QED) is 0.640. The van der Waals surface area contributed by atoms with Gasteiger partial charge >= 0.3 is 5.97 Å². The van der Waals surface area contributed by atoms with Gasteiger partial charge in [0.05, 0.1) is 12.7 Å². The van der Waals surface area contributed by atoms with Crippen molar-refractivity contribution in [3.05, 3.63) is 65.4 Å². The Morgan fingerprint density at radius 3 is 2.44 bits per heavy atom. The van der Waals surface area contributed by atoms with E-state index in [9.17, 15) is 9.59 Å². The van der Waals surface area contributed by atoms with Gasteiger partial charge < -0.3 is 14.6 Å². The van der Waals surface area contributed by atoms with Crippen molar-refractivity contribution in [3.63, 3.8) is 0 Å². The topological polar surface area (TPSA) is 60.3 Å². The van der Waals surface area contributed by atoms with E-state index in [4.69, 9.17) is 4.74 Å². The van der Waals surface area contributed by atoms with Crippen LogP contribution in [-0.4, -0.2) is 23.6 Å². The summed E-state index contributed by atoms with van der Waals surface area (Å²) in [5.74, 6) is -0.547. The molecule has 0 bridgehead atoms. The number of para-hydroxylation sites is 1.